The molecule has 0 aliphatic heterocycles. The van der Waals surface area contributed by atoms with Crippen molar-refractivity contribution in [1.29, 1.82) is 0 Å². The Morgan fingerprint density at radius 1 is 0.237 bits per heavy atom. The minimum Gasteiger partial charge on any atom is -0.309 e. The third-order valence-electron chi connectivity index (χ3n) is 14.5. The van der Waals surface area contributed by atoms with Gasteiger partial charge in [0.05, 0.1) is 17.1 Å². The van der Waals surface area contributed by atoms with E-state index in [1.54, 1.807) is 0 Å². The lowest BCUT2D eigenvalue weighted by Gasteiger charge is -2.32. The predicted octanol–water partition coefficient (Wildman–Crippen LogP) is 18.5. The first kappa shape index (κ1) is 50.6. The van der Waals surface area contributed by atoms with Crippen LogP contribution in [-0.2, 0) is 0 Å². The van der Waals surface area contributed by atoms with Crippen LogP contribution in [0.3, 0.4) is 0 Å². The molecule has 0 saturated heterocycles. The van der Waals surface area contributed by atoms with Crippen LogP contribution in [0.2, 0.25) is 0 Å². The number of aryl methyl sites for hydroxylation is 6. The van der Waals surface area contributed by atoms with Crippen molar-refractivity contribution in [3.8, 4) is 78.9 Å². The number of rotatable bonds is 13. The van der Waals surface area contributed by atoms with Crippen LogP contribution in [0, 0.1) is 41.5 Å². The summed E-state index contributed by atoms with van der Waals surface area (Å²) in [6.07, 6.45) is 0. The molecule has 0 amide bonds. The first-order chi connectivity index (χ1) is 39.1. The van der Waals surface area contributed by atoms with E-state index in [1.165, 1.54) is 33.4 Å². The van der Waals surface area contributed by atoms with Crippen LogP contribution in [0.5, 0.6) is 0 Å². The fourth-order valence-corrected chi connectivity index (χ4v) is 11.0. The van der Waals surface area contributed by atoms with Crippen LogP contribution in [0.25, 0.3) is 78.9 Å². The van der Waals surface area contributed by atoms with Gasteiger partial charge in [-0.05, 0) is 140 Å². The van der Waals surface area contributed by atoms with Crippen LogP contribution in [-0.4, -0.2) is 29.9 Å². The summed E-state index contributed by atoms with van der Waals surface area (Å²) in [6.45, 7) is 13.1. The number of benzene rings is 10. The molecule has 0 aliphatic carbocycles. The van der Waals surface area contributed by atoms with Gasteiger partial charge in [-0.15, -0.1) is 0 Å². The molecule has 0 N–H and O–H groups in total. The van der Waals surface area contributed by atoms with E-state index in [4.69, 9.17) is 29.9 Å². The Bertz CT molecular complexity index is 4010. The molecule has 8 nitrogen and oxygen atoms in total. The second-order valence-corrected chi connectivity index (χ2v) is 20.4. The van der Waals surface area contributed by atoms with Gasteiger partial charge in [0.15, 0.2) is 23.3 Å². The zero-order valence-electron chi connectivity index (χ0n) is 45.7. The molecule has 2 aromatic heterocycles. The van der Waals surface area contributed by atoms with Crippen LogP contribution in [0.4, 0.5) is 34.6 Å². The standard InChI is InChI=1S/C72H58N8/c1-47-40-49(3)65(50(4)41-47)79(66-51(5)42-48(2)43-52(66)6)61-36-38-62(39-37-61)80(72-76-68(57-32-20-11-21-33-57)74-70(78-72)64-35-23-22-34-63(64)55-28-16-9-17-29-55)71-75-67(56-30-18-10-19-31-56)73-69(77-71)60-45-58(53-24-12-7-13-25-53)44-59(46-60)54-26-14-8-15-27-54/h7-46H,1-6H3. The predicted molar refractivity (Wildman–Crippen MR) is 329 cm³/mol. The molecule has 0 saturated carbocycles. The lowest BCUT2D eigenvalue weighted by atomic mass is 9.96. The van der Waals surface area contributed by atoms with Crippen molar-refractivity contribution < 1.29 is 0 Å². The number of aromatic nitrogens is 6. The molecule has 2 heterocycles. The summed E-state index contributed by atoms with van der Waals surface area (Å²) in [4.78, 5) is 36.8. The van der Waals surface area contributed by atoms with Crippen LogP contribution < -0.4 is 9.80 Å². The maximum Gasteiger partial charge on any atom is 0.241 e. The minimum atomic E-state index is 0.327. The van der Waals surface area contributed by atoms with E-state index >= 15 is 0 Å². The monoisotopic (exact) mass is 1030 g/mol. The van der Waals surface area contributed by atoms with Crippen LogP contribution in [0.1, 0.15) is 33.4 Å². The zero-order chi connectivity index (χ0) is 54.7. The molecule has 0 spiro atoms. The quantitative estimate of drug-likeness (QED) is 0.113. The summed E-state index contributed by atoms with van der Waals surface area (Å²) in [5, 5.41) is 0. The Morgan fingerprint density at radius 2 is 0.550 bits per heavy atom. The molecule has 0 fully saturated rings. The third kappa shape index (κ3) is 10.4. The van der Waals surface area contributed by atoms with Gasteiger partial charge in [-0.3, -0.25) is 0 Å². The topological polar surface area (TPSA) is 83.8 Å². The van der Waals surface area contributed by atoms with Crippen molar-refractivity contribution in [2.45, 2.75) is 41.5 Å². The van der Waals surface area contributed by atoms with Crippen LogP contribution in [0.15, 0.2) is 243 Å². The molecule has 0 aliphatic rings. The summed E-state index contributed by atoms with van der Waals surface area (Å²) < 4.78 is 0. The Labute approximate surface area is 468 Å². The average molecular weight is 1040 g/mol. The van der Waals surface area contributed by atoms with Crippen LogP contribution >= 0.6 is 0 Å². The van der Waals surface area contributed by atoms with Gasteiger partial charge in [0, 0.05) is 27.9 Å². The smallest absolute Gasteiger partial charge is 0.241 e. The van der Waals surface area contributed by atoms with Gasteiger partial charge in [-0.2, -0.15) is 19.9 Å². The molecule has 8 heteroatoms. The average Bonchev–Trinajstić information content (AvgIpc) is 3.58. The molecule has 12 aromatic rings. The second kappa shape index (κ2) is 22.0. The van der Waals surface area contributed by atoms with Crippen molar-refractivity contribution in [3.05, 3.63) is 276 Å². The van der Waals surface area contributed by atoms with E-state index in [9.17, 15) is 0 Å². The van der Waals surface area contributed by atoms with Gasteiger partial charge in [0.25, 0.3) is 0 Å². The molecular formula is C72H58N8. The van der Waals surface area contributed by atoms with Crippen molar-refractivity contribution in [1.82, 2.24) is 29.9 Å². The number of hydrogen-bond acceptors (Lipinski definition) is 8. The second-order valence-electron chi connectivity index (χ2n) is 20.4. The highest BCUT2D eigenvalue weighted by molar-refractivity contribution is 5.87. The normalized spacial score (nSPS) is 11.1. The van der Waals surface area contributed by atoms with Gasteiger partial charge in [-0.25, -0.2) is 14.9 Å². The number of nitrogens with zero attached hydrogens (tertiary/aromatic N) is 8. The van der Waals surface area contributed by atoms with Gasteiger partial charge < -0.3 is 4.90 Å². The summed E-state index contributed by atoms with van der Waals surface area (Å²) in [5.41, 5.74) is 20.8. The van der Waals surface area contributed by atoms with Crippen molar-refractivity contribution >= 4 is 34.6 Å². The highest BCUT2D eigenvalue weighted by Crippen LogP contribution is 2.45. The van der Waals surface area contributed by atoms with Gasteiger partial charge in [-0.1, -0.05) is 211 Å². The van der Waals surface area contributed by atoms with E-state index in [0.717, 1.165) is 78.4 Å². The summed E-state index contributed by atoms with van der Waals surface area (Å²) in [5.74, 6) is 2.63. The van der Waals surface area contributed by atoms with Crippen molar-refractivity contribution in [2.75, 3.05) is 9.80 Å². The summed E-state index contributed by atoms with van der Waals surface area (Å²) >= 11 is 0. The lowest BCUT2D eigenvalue weighted by Crippen LogP contribution is -2.19. The van der Waals surface area contributed by atoms with E-state index in [-0.39, 0.29) is 0 Å². The van der Waals surface area contributed by atoms with E-state index in [1.807, 2.05) is 89.8 Å². The first-order valence-electron chi connectivity index (χ1n) is 27.0. The van der Waals surface area contributed by atoms with Crippen molar-refractivity contribution in [3.63, 3.8) is 0 Å². The minimum absolute atomic E-state index is 0.327. The summed E-state index contributed by atoms with van der Waals surface area (Å²) in [7, 11) is 0. The van der Waals surface area contributed by atoms with Gasteiger partial charge >= 0.3 is 0 Å². The molecule has 0 atom stereocenters. The van der Waals surface area contributed by atoms with E-state index in [2.05, 4.69) is 204 Å². The van der Waals surface area contributed by atoms with Crippen molar-refractivity contribution in [2.24, 2.45) is 0 Å². The summed E-state index contributed by atoms with van der Waals surface area (Å²) in [6, 6.07) is 83.9. The lowest BCUT2D eigenvalue weighted by molar-refractivity contribution is 0.964. The van der Waals surface area contributed by atoms with E-state index in [0.29, 0.717) is 35.2 Å². The Morgan fingerprint density at radius 3 is 0.975 bits per heavy atom. The first-order valence-corrected chi connectivity index (χ1v) is 27.0. The maximum absolute atomic E-state index is 5.53. The molecule has 386 valence electrons. The fraction of sp³-hybridized carbons (Fsp3) is 0.0833. The Hall–Kier alpha value is -10.2. The number of anilines is 6. The van der Waals surface area contributed by atoms with Gasteiger partial charge in [0.2, 0.25) is 11.9 Å². The Kier molecular flexibility index (Phi) is 14.0. The molecule has 80 heavy (non-hydrogen) atoms. The molecular weight excluding hydrogens is 977 g/mol. The molecule has 10 aromatic carbocycles. The molecule has 12 rings (SSSR count). The Balaban J connectivity index is 1.13. The third-order valence-corrected chi connectivity index (χ3v) is 14.5. The largest absolute Gasteiger partial charge is 0.309 e. The maximum atomic E-state index is 5.53. The number of hydrogen-bond donors (Lipinski definition) is 0. The SMILES string of the molecule is Cc1cc(C)c(N(c2ccc(N(c3nc(-c4ccccc4)nc(-c4cc(-c5ccccc5)cc(-c5ccccc5)c4)n3)c3nc(-c4ccccc4)nc(-c4ccccc4-c4ccccc4)n3)cc2)c2c(C)cc(C)cc2C)c(C)c1. The fourth-order valence-electron chi connectivity index (χ4n) is 11.0. The van der Waals surface area contributed by atoms with E-state index < -0.39 is 0 Å². The highest BCUT2D eigenvalue weighted by atomic mass is 15.4. The molecule has 0 radical (unpaired) electrons. The highest BCUT2D eigenvalue weighted by Gasteiger charge is 2.27. The zero-order valence-corrected chi connectivity index (χ0v) is 45.7. The molecule has 0 unspecified atom stereocenters. The van der Waals surface area contributed by atoms with Gasteiger partial charge in [0.1, 0.15) is 0 Å². The molecule has 0 bridgehead atoms.